The summed E-state index contributed by atoms with van der Waals surface area (Å²) in [6.45, 7) is 8.16. The van der Waals surface area contributed by atoms with Crippen LogP contribution in [0.3, 0.4) is 0 Å². The lowest BCUT2D eigenvalue weighted by atomic mass is 10.1. The molecule has 37 heavy (non-hydrogen) atoms. The number of hydrogen-bond acceptors (Lipinski definition) is 9. The van der Waals surface area contributed by atoms with Crippen LogP contribution in [0.2, 0.25) is 0 Å². The van der Waals surface area contributed by atoms with Gasteiger partial charge in [-0.25, -0.2) is 9.59 Å². The molecule has 196 valence electrons. The smallest absolute Gasteiger partial charge is 0.348 e. The van der Waals surface area contributed by atoms with Crippen molar-refractivity contribution in [2.24, 2.45) is 0 Å². The quantitative estimate of drug-likeness (QED) is 0.265. The van der Waals surface area contributed by atoms with Crippen LogP contribution in [0.15, 0.2) is 35.5 Å². The summed E-state index contributed by atoms with van der Waals surface area (Å²) in [5.74, 6) is 0.309. The first-order chi connectivity index (χ1) is 17.9. The predicted octanol–water partition coefficient (Wildman–Crippen LogP) is 5.02. The molecule has 0 radical (unpaired) electrons. The van der Waals surface area contributed by atoms with Crippen molar-refractivity contribution in [1.29, 1.82) is 0 Å². The first-order valence-corrected chi connectivity index (χ1v) is 14.1. The third-order valence-electron chi connectivity index (χ3n) is 6.08. The van der Waals surface area contributed by atoms with Crippen molar-refractivity contribution in [3.05, 3.63) is 57.7 Å². The van der Waals surface area contributed by atoms with Crippen LogP contribution in [-0.4, -0.2) is 51.6 Å². The lowest BCUT2D eigenvalue weighted by Crippen LogP contribution is -2.17. The van der Waals surface area contributed by atoms with Gasteiger partial charge < -0.3 is 19.4 Å². The van der Waals surface area contributed by atoms with E-state index in [1.807, 2.05) is 25.1 Å². The van der Waals surface area contributed by atoms with Gasteiger partial charge >= 0.3 is 11.9 Å². The summed E-state index contributed by atoms with van der Waals surface area (Å²) in [4.78, 5) is 38.1. The van der Waals surface area contributed by atoms with Gasteiger partial charge in [-0.15, -0.1) is 21.5 Å². The SMILES string of the molecule is CCOC(=O)c1sc(NC(=O)CSc2nnc(C3CC3c3ccccc3)n2CC)c(C(=O)OCC)c1C. The molecule has 1 N–H and O–H groups in total. The van der Waals surface area contributed by atoms with Crippen LogP contribution < -0.4 is 5.32 Å². The van der Waals surface area contributed by atoms with Gasteiger partial charge in [0.1, 0.15) is 15.7 Å². The van der Waals surface area contributed by atoms with Crippen molar-refractivity contribution < 1.29 is 23.9 Å². The van der Waals surface area contributed by atoms with Crippen LogP contribution in [-0.2, 0) is 20.8 Å². The summed E-state index contributed by atoms with van der Waals surface area (Å²) < 4.78 is 12.3. The second-order valence-corrected chi connectivity index (χ2v) is 10.4. The lowest BCUT2D eigenvalue weighted by molar-refractivity contribution is -0.113. The van der Waals surface area contributed by atoms with Crippen LogP contribution in [0.25, 0.3) is 0 Å². The Labute approximate surface area is 224 Å². The molecule has 11 heteroatoms. The summed E-state index contributed by atoms with van der Waals surface area (Å²) >= 11 is 2.30. The molecule has 2 heterocycles. The van der Waals surface area contributed by atoms with Crippen molar-refractivity contribution >= 4 is 45.9 Å². The number of amides is 1. The Morgan fingerprint density at radius 3 is 2.43 bits per heavy atom. The predicted molar refractivity (Wildman–Crippen MR) is 143 cm³/mol. The molecule has 1 aliphatic rings. The number of carbonyl (C=O) groups excluding carboxylic acids is 3. The summed E-state index contributed by atoms with van der Waals surface area (Å²) in [5.41, 5.74) is 1.91. The van der Waals surface area contributed by atoms with Gasteiger partial charge in [-0.2, -0.15) is 0 Å². The maximum atomic E-state index is 12.9. The molecule has 1 aromatic carbocycles. The molecule has 0 saturated heterocycles. The van der Waals surface area contributed by atoms with Crippen LogP contribution in [0.1, 0.15) is 76.0 Å². The molecule has 0 spiro atoms. The standard InChI is InChI=1S/C26H30N4O5S2/c1-5-30-22(18-13-17(18)16-11-9-8-10-12-16)28-29-26(30)36-14-19(31)27-23-20(24(32)34-6-2)15(4)21(37-23)25(33)35-7-3/h8-12,17-18H,5-7,13-14H2,1-4H3,(H,27,31). The van der Waals surface area contributed by atoms with Crippen molar-refractivity contribution in [3.8, 4) is 0 Å². The Morgan fingerprint density at radius 1 is 1.05 bits per heavy atom. The fourth-order valence-electron chi connectivity index (χ4n) is 4.26. The molecule has 9 nitrogen and oxygen atoms in total. The highest BCUT2D eigenvalue weighted by molar-refractivity contribution is 7.99. The van der Waals surface area contributed by atoms with Gasteiger partial charge in [-0.1, -0.05) is 42.1 Å². The molecule has 2 atom stereocenters. The summed E-state index contributed by atoms with van der Waals surface area (Å²) in [7, 11) is 0. The molecule has 2 aromatic heterocycles. The molecular formula is C26H30N4O5S2. The zero-order valence-electron chi connectivity index (χ0n) is 21.3. The van der Waals surface area contributed by atoms with Crippen LogP contribution in [0.4, 0.5) is 5.00 Å². The number of nitrogens with one attached hydrogen (secondary N) is 1. The van der Waals surface area contributed by atoms with E-state index in [1.54, 1.807) is 20.8 Å². The van der Waals surface area contributed by atoms with Gasteiger partial charge in [0, 0.05) is 12.5 Å². The van der Waals surface area contributed by atoms with Crippen LogP contribution >= 0.6 is 23.1 Å². The van der Waals surface area contributed by atoms with Crippen molar-refractivity contribution in [2.75, 3.05) is 24.3 Å². The number of ether oxygens (including phenoxy) is 2. The molecule has 0 bridgehead atoms. The maximum Gasteiger partial charge on any atom is 0.348 e. The van der Waals surface area contributed by atoms with E-state index in [-0.39, 0.29) is 40.3 Å². The topological polar surface area (TPSA) is 112 Å². The van der Waals surface area contributed by atoms with Crippen molar-refractivity contribution in [3.63, 3.8) is 0 Å². The van der Waals surface area contributed by atoms with Crippen LogP contribution in [0.5, 0.6) is 0 Å². The molecule has 1 saturated carbocycles. The van der Waals surface area contributed by atoms with Crippen molar-refractivity contribution in [1.82, 2.24) is 14.8 Å². The van der Waals surface area contributed by atoms with E-state index < -0.39 is 11.9 Å². The minimum Gasteiger partial charge on any atom is -0.462 e. The molecule has 3 aromatic rings. The van der Waals surface area contributed by atoms with E-state index in [0.29, 0.717) is 29.1 Å². The average Bonchev–Trinajstić information content (AvgIpc) is 3.47. The second kappa shape index (κ2) is 11.9. The molecule has 1 aliphatic carbocycles. The summed E-state index contributed by atoms with van der Waals surface area (Å²) in [5, 5.41) is 12.5. The summed E-state index contributed by atoms with van der Waals surface area (Å²) in [6, 6.07) is 10.4. The van der Waals surface area contributed by atoms with E-state index in [9.17, 15) is 14.4 Å². The van der Waals surface area contributed by atoms with Gasteiger partial charge in [0.15, 0.2) is 5.16 Å². The van der Waals surface area contributed by atoms with Gasteiger partial charge in [-0.05, 0) is 51.2 Å². The zero-order valence-corrected chi connectivity index (χ0v) is 22.9. The lowest BCUT2D eigenvalue weighted by Gasteiger charge is -2.08. The number of aromatic nitrogens is 3. The number of esters is 2. The Hall–Kier alpha value is -3.18. The highest BCUT2D eigenvalue weighted by atomic mass is 32.2. The second-order valence-electron chi connectivity index (χ2n) is 8.48. The number of hydrogen-bond donors (Lipinski definition) is 1. The Kier molecular flexibility index (Phi) is 8.65. The molecule has 0 aliphatic heterocycles. The normalized spacial score (nSPS) is 16.3. The van der Waals surface area contributed by atoms with E-state index in [0.717, 1.165) is 23.6 Å². The Balaban J connectivity index is 1.45. The molecule has 2 unspecified atom stereocenters. The van der Waals surface area contributed by atoms with E-state index >= 15 is 0 Å². The third-order valence-corrected chi connectivity index (χ3v) is 8.24. The minimum atomic E-state index is -0.595. The van der Waals surface area contributed by atoms with Crippen LogP contribution in [0, 0.1) is 6.92 Å². The maximum absolute atomic E-state index is 12.9. The third kappa shape index (κ3) is 5.88. The van der Waals surface area contributed by atoms with Gasteiger partial charge in [0.05, 0.1) is 24.5 Å². The van der Waals surface area contributed by atoms with E-state index in [4.69, 9.17) is 9.47 Å². The number of anilines is 1. The molecular weight excluding hydrogens is 512 g/mol. The molecule has 1 amide bonds. The molecule has 1 fully saturated rings. The van der Waals surface area contributed by atoms with Gasteiger partial charge in [0.25, 0.3) is 0 Å². The number of thiophene rings is 1. The summed E-state index contributed by atoms with van der Waals surface area (Å²) in [6.07, 6.45) is 1.03. The van der Waals surface area contributed by atoms with Gasteiger partial charge in [0.2, 0.25) is 5.91 Å². The molecule has 4 rings (SSSR count). The van der Waals surface area contributed by atoms with E-state index in [2.05, 4.69) is 32.2 Å². The minimum absolute atomic E-state index is 0.0683. The monoisotopic (exact) mass is 542 g/mol. The largest absolute Gasteiger partial charge is 0.462 e. The Morgan fingerprint density at radius 2 is 1.76 bits per heavy atom. The zero-order chi connectivity index (χ0) is 26.5. The first kappa shape index (κ1) is 26.9. The highest BCUT2D eigenvalue weighted by Crippen LogP contribution is 2.54. The van der Waals surface area contributed by atoms with Crippen molar-refractivity contribution in [2.45, 2.75) is 57.7 Å². The first-order valence-electron chi connectivity index (χ1n) is 12.3. The fourth-order valence-corrected chi connectivity index (χ4v) is 6.18. The van der Waals surface area contributed by atoms with E-state index in [1.165, 1.54) is 17.3 Å². The Bertz CT molecular complexity index is 1290. The fraction of sp³-hybridized carbons (Fsp3) is 0.423. The number of benzene rings is 1. The number of thioether (sulfide) groups is 1. The highest BCUT2D eigenvalue weighted by Gasteiger charge is 2.43. The number of nitrogens with zero attached hydrogens (tertiary/aromatic N) is 3. The van der Waals surface area contributed by atoms with Gasteiger partial charge in [-0.3, -0.25) is 4.79 Å². The average molecular weight is 543 g/mol. The number of carbonyl (C=O) groups is 3. The number of rotatable bonds is 11.